The lowest BCUT2D eigenvalue weighted by Gasteiger charge is -2.26. The second-order valence-electron chi connectivity index (χ2n) is 12.6. The predicted octanol–water partition coefficient (Wildman–Crippen LogP) is 5.95. The molecule has 3 aromatic rings. The van der Waals surface area contributed by atoms with Crippen molar-refractivity contribution < 1.29 is 27.9 Å². The molecule has 0 saturated carbocycles. The van der Waals surface area contributed by atoms with Gasteiger partial charge in [0.25, 0.3) is 12.0 Å². The van der Waals surface area contributed by atoms with Crippen LogP contribution >= 0.6 is 0 Å². The van der Waals surface area contributed by atoms with Gasteiger partial charge in [0.1, 0.15) is 17.9 Å². The number of carboxylic acids is 1. The number of carboxylic acid groups (broad SMARTS) is 1. The predicted molar refractivity (Wildman–Crippen MR) is 174 cm³/mol. The number of rotatable bonds is 13. The monoisotopic (exact) mass is 650 g/mol. The van der Waals surface area contributed by atoms with Crippen molar-refractivity contribution in [3.63, 3.8) is 0 Å². The van der Waals surface area contributed by atoms with E-state index in [1.54, 1.807) is 6.07 Å². The summed E-state index contributed by atoms with van der Waals surface area (Å²) >= 11 is 0. The first-order chi connectivity index (χ1) is 22.3. The Kier molecular flexibility index (Phi) is 11.6. The lowest BCUT2D eigenvalue weighted by atomic mass is 9.92. The Labute approximate surface area is 273 Å². The number of pyridine rings is 2. The molecule has 0 spiro atoms. The van der Waals surface area contributed by atoms with Crippen molar-refractivity contribution in [2.24, 2.45) is 5.92 Å². The molecule has 0 bridgehead atoms. The molecule has 1 aliphatic rings. The number of aryl methyl sites for hydroxylation is 2. The molecular weight excluding hydrogens is 609 g/mol. The smallest absolute Gasteiger partial charge is 0.305 e. The molecule has 4 rings (SSSR count). The number of nitrogens with one attached hydrogen (secondary N) is 1. The van der Waals surface area contributed by atoms with E-state index in [0.717, 1.165) is 27.3 Å². The van der Waals surface area contributed by atoms with E-state index in [-0.39, 0.29) is 25.3 Å². The van der Waals surface area contributed by atoms with Gasteiger partial charge in [-0.3, -0.25) is 14.4 Å². The summed E-state index contributed by atoms with van der Waals surface area (Å²) in [6.07, 6.45) is 4.88. The minimum Gasteiger partial charge on any atom is -0.481 e. The number of terminal acetylenes is 1. The van der Waals surface area contributed by atoms with Gasteiger partial charge in [-0.15, -0.1) is 6.42 Å². The van der Waals surface area contributed by atoms with Crippen LogP contribution in [0.1, 0.15) is 85.1 Å². The second-order valence-corrected chi connectivity index (χ2v) is 12.6. The second kappa shape index (κ2) is 15.4. The standard InChI is InChI=1S/C36H41F3N4O4/c1-6-29-27(33-22(4)8-7-9-23(33)5)16-25(18-40-29)30(17-32(44)45)41-35(46)31(14-21(2)3)43-19-24(15-28(34(38)39)36(43)47)10-12-42-13-11-26(37)20-42/h1,7-9,15-16,18-19,21,26,30-31,34H,10-14,17,20H2,2-5H3,(H,41,46)(H,44,45)/t26?,30-,31+/m0/s1. The third kappa shape index (κ3) is 8.69. The minimum absolute atomic E-state index is 0.120. The van der Waals surface area contributed by atoms with E-state index in [4.69, 9.17) is 6.42 Å². The van der Waals surface area contributed by atoms with E-state index in [1.807, 2.05) is 50.8 Å². The highest BCUT2D eigenvalue weighted by molar-refractivity contribution is 5.82. The van der Waals surface area contributed by atoms with E-state index in [2.05, 4.69) is 16.2 Å². The van der Waals surface area contributed by atoms with E-state index in [0.29, 0.717) is 41.9 Å². The van der Waals surface area contributed by atoms with Crippen molar-refractivity contribution in [2.45, 2.75) is 78.1 Å². The van der Waals surface area contributed by atoms with Crippen LogP contribution < -0.4 is 10.9 Å². The van der Waals surface area contributed by atoms with Gasteiger partial charge in [0, 0.05) is 37.6 Å². The number of nitrogens with zero attached hydrogens (tertiary/aromatic N) is 3. The van der Waals surface area contributed by atoms with E-state index < -0.39 is 54.1 Å². The van der Waals surface area contributed by atoms with Crippen molar-refractivity contribution in [3.8, 4) is 23.5 Å². The maximum atomic E-state index is 14.1. The summed E-state index contributed by atoms with van der Waals surface area (Å²) in [6.45, 7) is 8.72. The largest absolute Gasteiger partial charge is 0.481 e. The molecule has 1 aromatic carbocycles. The molecule has 3 atom stereocenters. The summed E-state index contributed by atoms with van der Waals surface area (Å²) in [6, 6.07) is 6.33. The zero-order chi connectivity index (χ0) is 34.4. The van der Waals surface area contributed by atoms with Crippen LogP contribution in [0.2, 0.25) is 0 Å². The van der Waals surface area contributed by atoms with Gasteiger partial charge < -0.3 is 19.9 Å². The van der Waals surface area contributed by atoms with Crippen molar-refractivity contribution in [2.75, 3.05) is 19.6 Å². The number of hydrogen-bond donors (Lipinski definition) is 2. The number of halogens is 3. The van der Waals surface area contributed by atoms with E-state index >= 15 is 0 Å². The van der Waals surface area contributed by atoms with Crippen LogP contribution in [0.5, 0.6) is 0 Å². The number of carbonyl (C=O) groups excluding carboxylic acids is 1. The fraction of sp³-hybridized carbons (Fsp3) is 0.444. The number of alkyl halides is 3. The maximum Gasteiger partial charge on any atom is 0.305 e. The van der Waals surface area contributed by atoms with Crippen LogP contribution in [0.25, 0.3) is 11.1 Å². The molecule has 2 N–H and O–H groups in total. The highest BCUT2D eigenvalue weighted by Gasteiger charge is 2.30. The zero-order valence-corrected chi connectivity index (χ0v) is 27.1. The first-order valence-corrected chi connectivity index (χ1v) is 15.7. The average molecular weight is 651 g/mol. The number of hydrogen-bond acceptors (Lipinski definition) is 5. The third-order valence-corrected chi connectivity index (χ3v) is 8.52. The van der Waals surface area contributed by atoms with Crippen LogP contribution in [0, 0.1) is 32.1 Å². The molecule has 250 valence electrons. The molecule has 8 nitrogen and oxygen atoms in total. The number of benzene rings is 1. The summed E-state index contributed by atoms with van der Waals surface area (Å²) in [5.41, 5.74) is 2.72. The van der Waals surface area contributed by atoms with Gasteiger partial charge in [-0.25, -0.2) is 18.2 Å². The number of aliphatic carboxylic acids is 1. The first-order valence-electron chi connectivity index (χ1n) is 15.7. The van der Waals surface area contributed by atoms with Crippen LogP contribution in [-0.2, 0) is 16.0 Å². The molecule has 1 aliphatic heterocycles. The normalized spacial score (nSPS) is 16.3. The highest BCUT2D eigenvalue weighted by atomic mass is 19.3. The lowest BCUT2D eigenvalue weighted by molar-refractivity contribution is -0.138. The highest BCUT2D eigenvalue weighted by Crippen LogP contribution is 2.32. The Morgan fingerprint density at radius 3 is 2.47 bits per heavy atom. The molecule has 1 saturated heterocycles. The fourth-order valence-electron chi connectivity index (χ4n) is 6.19. The first kappa shape index (κ1) is 35.4. The Hall–Kier alpha value is -4.43. The molecular formula is C36H41F3N4O4. The Morgan fingerprint density at radius 2 is 1.89 bits per heavy atom. The topological polar surface area (TPSA) is 105 Å². The van der Waals surface area contributed by atoms with Gasteiger partial charge in [-0.2, -0.15) is 0 Å². The molecule has 1 fully saturated rings. The minimum atomic E-state index is -3.08. The van der Waals surface area contributed by atoms with E-state index in [9.17, 15) is 32.7 Å². The van der Waals surface area contributed by atoms with Crippen molar-refractivity contribution in [1.82, 2.24) is 19.8 Å². The summed E-state index contributed by atoms with van der Waals surface area (Å²) in [5, 5.41) is 12.6. The van der Waals surface area contributed by atoms with Gasteiger partial charge >= 0.3 is 5.97 Å². The quantitative estimate of drug-likeness (QED) is 0.222. The summed E-state index contributed by atoms with van der Waals surface area (Å²) in [5.74, 6) is 0.558. The van der Waals surface area contributed by atoms with Gasteiger partial charge in [0.15, 0.2) is 0 Å². The number of carbonyl (C=O) groups is 2. The summed E-state index contributed by atoms with van der Waals surface area (Å²) < 4.78 is 43.0. The van der Waals surface area contributed by atoms with Gasteiger partial charge in [0.2, 0.25) is 5.91 Å². The fourth-order valence-corrected chi connectivity index (χ4v) is 6.19. The van der Waals surface area contributed by atoms with Crippen LogP contribution in [0.4, 0.5) is 13.2 Å². The molecule has 3 heterocycles. The third-order valence-electron chi connectivity index (χ3n) is 8.52. The lowest BCUT2D eigenvalue weighted by Crippen LogP contribution is -2.41. The number of likely N-dealkylation sites (tertiary alicyclic amines) is 1. The molecule has 47 heavy (non-hydrogen) atoms. The van der Waals surface area contributed by atoms with E-state index in [1.165, 1.54) is 12.4 Å². The molecule has 2 aromatic heterocycles. The van der Waals surface area contributed by atoms with Gasteiger partial charge in [0.05, 0.1) is 18.0 Å². The Morgan fingerprint density at radius 1 is 1.19 bits per heavy atom. The average Bonchev–Trinajstić information content (AvgIpc) is 3.43. The van der Waals surface area contributed by atoms with Crippen molar-refractivity contribution in [3.05, 3.63) is 86.6 Å². The van der Waals surface area contributed by atoms with Crippen molar-refractivity contribution >= 4 is 11.9 Å². The van der Waals surface area contributed by atoms with Gasteiger partial charge in [-0.1, -0.05) is 32.0 Å². The zero-order valence-electron chi connectivity index (χ0n) is 27.1. The molecule has 0 aliphatic carbocycles. The van der Waals surface area contributed by atoms with Crippen LogP contribution in [0.15, 0.2) is 47.5 Å². The summed E-state index contributed by atoms with van der Waals surface area (Å²) in [7, 11) is 0. The number of aromatic nitrogens is 2. The molecule has 11 heteroatoms. The number of amides is 1. The van der Waals surface area contributed by atoms with Crippen molar-refractivity contribution in [1.29, 1.82) is 0 Å². The molecule has 0 radical (unpaired) electrons. The maximum absolute atomic E-state index is 14.1. The Balaban J connectivity index is 1.73. The van der Waals surface area contributed by atoms with Crippen LogP contribution in [-0.4, -0.2) is 57.2 Å². The molecule has 1 amide bonds. The van der Waals surface area contributed by atoms with Gasteiger partial charge in [-0.05, 0) is 84.9 Å². The Bertz CT molecular complexity index is 1690. The molecule has 1 unspecified atom stereocenters. The van der Waals surface area contributed by atoms with Crippen LogP contribution in [0.3, 0.4) is 0 Å². The summed E-state index contributed by atoms with van der Waals surface area (Å²) in [4.78, 5) is 45.7. The SMILES string of the molecule is C#Cc1ncc([C@H](CC(=O)O)NC(=O)[C@@H](CC(C)C)n2cc(CCN3CCC(F)C3)cc(C(F)F)c2=O)cc1-c1c(C)cccc1C.